The summed E-state index contributed by atoms with van der Waals surface area (Å²) < 4.78 is 0. The van der Waals surface area contributed by atoms with Crippen molar-refractivity contribution in [2.24, 2.45) is 23.6 Å². The van der Waals surface area contributed by atoms with E-state index >= 15 is 0 Å². The quantitative estimate of drug-likeness (QED) is 0.410. The first-order valence-corrected chi connectivity index (χ1v) is 5.71. The normalized spacial score (nSPS) is 29.5. The average molecular weight is 213 g/mol. The lowest BCUT2D eigenvalue weighted by atomic mass is 10.0. The minimum Gasteiger partial charge on any atom is -0.293 e. The van der Waals surface area contributed by atoms with Crippen LogP contribution in [-0.2, 0) is 4.79 Å². The van der Waals surface area contributed by atoms with Crippen LogP contribution < -0.4 is 11.3 Å². The van der Waals surface area contributed by atoms with Gasteiger partial charge in [-0.05, 0) is 17.8 Å². The van der Waals surface area contributed by atoms with Crippen LogP contribution in [0.3, 0.4) is 0 Å². The first-order valence-electron chi connectivity index (χ1n) is 5.71. The predicted octanol–water partition coefficient (Wildman–Crippen LogP) is 0.589. The van der Waals surface area contributed by atoms with Gasteiger partial charge in [0.25, 0.3) is 5.91 Å². The van der Waals surface area contributed by atoms with Gasteiger partial charge < -0.3 is 0 Å². The zero-order valence-corrected chi connectivity index (χ0v) is 10.2. The zero-order valence-electron chi connectivity index (χ0n) is 10.2. The van der Waals surface area contributed by atoms with E-state index in [0.29, 0.717) is 17.8 Å². The van der Waals surface area contributed by atoms with E-state index in [2.05, 4.69) is 38.0 Å². The Labute approximate surface area is 92.2 Å². The highest BCUT2D eigenvalue weighted by atomic mass is 16.2. The summed E-state index contributed by atoms with van der Waals surface area (Å²) in [6.07, 6.45) is 0. The lowest BCUT2D eigenvalue weighted by molar-refractivity contribution is -0.127. The van der Waals surface area contributed by atoms with E-state index in [-0.39, 0.29) is 11.9 Å². The molecule has 0 aliphatic carbocycles. The van der Waals surface area contributed by atoms with Gasteiger partial charge in [0.2, 0.25) is 0 Å². The third-order valence-electron chi connectivity index (χ3n) is 3.45. The van der Waals surface area contributed by atoms with Crippen LogP contribution in [0.4, 0.5) is 0 Å². The molecule has 1 fully saturated rings. The number of nitrogens with zero attached hydrogens (tertiary/aromatic N) is 1. The lowest BCUT2D eigenvalue weighted by Gasteiger charge is -2.29. The summed E-state index contributed by atoms with van der Waals surface area (Å²) in [4.78, 5) is 13.9. The van der Waals surface area contributed by atoms with Crippen molar-refractivity contribution in [2.75, 3.05) is 13.1 Å². The Bertz CT molecular complexity index is 220. The molecule has 1 saturated heterocycles. The molecule has 0 aromatic carbocycles. The Balaban J connectivity index is 2.70. The molecule has 0 radical (unpaired) electrons. The van der Waals surface area contributed by atoms with E-state index in [1.807, 2.05) is 0 Å². The summed E-state index contributed by atoms with van der Waals surface area (Å²) in [6.45, 7) is 10.6. The largest absolute Gasteiger partial charge is 0.293 e. The monoisotopic (exact) mass is 213 g/mol. The number of amides is 1. The SMILES string of the molecule is CC(C)C(C(=O)NN)N1CC(C)C(C)C1. The fraction of sp³-hybridized carbons (Fsp3) is 0.909. The van der Waals surface area contributed by atoms with E-state index in [1.165, 1.54) is 0 Å². The number of likely N-dealkylation sites (tertiary alicyclic amines) is 1. The van der Waals surface area contributed by atoms with Gasteiger partial charge in [0.1, 0.15) is 0 Å². The van der Waals surface area contributed by atoms with Gasteiger partial charge in [-0.3, -0.25) is 15.1 Å². The number of hydrogen-bond donors (Lipinski definition) is 2. The molecule has 0 spiro atoms. The van der Waals surface area contributed by atoms with Crippen LogP contribution in [-0.4, -0.2) is 29.9 Å². The number of nitrogens with one attached hydrogen (secondary N) is 1. The number of nitrogens with two attached hydrogens (primary N) is 1. The fourth-order valence-electron chi connectivity index (χ4n) is 2.38. The zero-order chi connectivity index (χ0) is 11.6. The van der Waals surface area contributed by atoms with E-state index in [9.17, 15) is 4.79 Å². The summed E-state index contributed by atoms with van der Waals surface area (Å²) in [5.74, 6) is 6.78. The Morgan fingerprint density at radius 3 is 2.13 bits per heavy atom. The molecule has 0 saturated carbocycles. The van der Waals surface area contributed by atoms with E-state index in [1.54, 1.807) is 0 Å². The maximum absolute atomic E-state index is 11.7. The third-order valence-corrected chi connectivity index (χ3v) is 3.45. The lowest BCUT2D eigenvalue weighted by Crippen LogP contribution is -2.51. The van der Waals surface area contributed by atoms with Gasteiger partial charge >= 0.3 is 0 Å². The molecule has 3 N–H and O–H groups in total. The second-order valence-electron chi connectivity index (χ2n) is 5.11. The molecule has 4 heteroatoms. The molecular formula is C11H23N3O. The van der Waals surface area contributed by atoms with E-state index in [4.69, 9.17) is 5.84 Å². The second-order valence-corrected chi connectivity index (χ2v) is 5.11. The highest BCUT2D eigenvalue weighted by molar-refractivity contribution is 5.81. The summed E-state index contributed by atoms with van der Waals surface area (Å²) in [6, 6.07) is -0.0811. The number of rotatable bonds is 3. The molecule has 15 heavy (non-hydrogen) atoms. The highest BCUT2D eigenvalue weighted by Crippen LogP contribution is 2.26. The molecule has 4 nitrogen and oxygen atoms in total. The first kappa shape index (κ1) is 12.5. The van der Waals surface area contributed by atoms with Crippen molar-refractivity contribution in [3.05, 3.63) is 0 Å². The van der Waals surface area contributed by atoms with Crippen LogP contribution >= 0.6 is 0 Å². The number of carbonyl (C=O) groups excluding carboxylic acids is 1. The van der Waals surface area contributed by atoms with Gasteiger partial charge in [-0.15, -0.1) is 0 Å². The van der Waals surface area contributed by atoms with Gasteiger partial charge in [-0.1, -0.05) is 27.7 Å². The summed E-state index contributed by atoms with van der Waals surface area (Å²) in [5, 5.41) is 0. The molecule has 0 aromatic heterocycles. The van der Waals surface area contributed by atoms with Gasteiger partial charge in [0, 0.05) is 13.1 Å². The smallest absolute Gasteiger partial charge is 0.251 e. The topological polar surface area (TPSA) is 58.4 Å². The van der Waals surface area contributed by atoms with E-state index in [0.717, 1.165) is 13.1 Å². The van der Waals surface area contributed by atoms with Gasteiger partial charge in [-0.25, -0.2) is 5.84 Å². The molecule has 1 heterocycles. The molecular weight excluding hydrogens is 190 g/mol. The minimum absolute atomic E-state index is 0.0636. The van der Waals surface area contributed by atoms with Crippen LogP contribution in [0.25, 0.3) is 0 Å². The maximum atomic E-state index is 11.7. The molecule has 0 aromatic rings. The van der Waals surface area contributed by atoms with Crippen LogP contribution in [0.2, 0.25) is 0 Å². The summed E-state index contributed by atoms with van der Waals surface area (Å²) >= 11 is 0. The molecule has 0 bridgehead atoms. The van der Waals surface area contributed by atoms with Gasteiger partial charge in [-0.2, -0.15) is 0 Å². The van der Waals surface area contributed by atoms with Crippen molar-refractivity contribution in [3.8, 4) is 0 Å². The Morgan fingerprint density at radius 2 is 1.80 bits per heavy atom. The highest BCUT2D eigenvalue weighted by Gasteiger charge is 2.35. The molecule has 3 atom stereocenters. The van der Waals surface area contributed by atoms with Crippen LogP contribution in [0, 0.1) is 17.8 Å². The number of hydrazine groups is 1. The van der Waals surface area contributed by atoms with Crippen molar-refractivity contribution >= 4 is 5.91 Å². The summed E-state index contributed by atoms with van der Waals surface area (Å²) in [7, 11) is 0. The molecule has 1 aliphatic heterocycles. The summed E-state index contributed by atoms with van der Waals surface area (Å²) in [5.41, 5.74) is 2.27. The maximum Gasteiger partial charge on any atom is 0.251 e. The van der Waals surface area contributed by atoms with Crippen molar-refractivity contribution in [1.29, 1.82) is 0 Å². The fourth-order valence-corrected chi connectivity index (χ4v) is 2.38. The van der Waals surface area contributed by atoms with Crippen molar-refractivity contribution in [1.82, 2.24) is 10.3 Å². The Hall–Kier alpha value is -0.610. The average Bonchev–Trinajstić information content (AvgIpc) is 2.46. The minimum atomic E-state index is -0.0811. The van der Waals surface area contributed by atoms with Crippen molar-refractivity contribution in [2.45, 2.75) is 33.7 Å². The molecule has 1 rings (SSSR count). The van der Waals surface area contributed by atoms with Gasteiger partial charge in [0.05, 0.1) is 6.04 Å². The van der Waals surface area contributed by atoms with Gasteiger partial charge in [0.15, 0.2) is 0 Å². The van der Waals surface area contributed by atoms with Crippen LogP contribution in [0.15, 0.2) is 0 Å². The van der Waals surface area contributed by atoms with Crippen molar-refractivity contribution in [3.63, 3.8) is 0 Å². The Morgan fingerprint density at radius 1 is 1.33 bits per heavy atom. The number of hydrogen-bond acceptors (Lipinski definition) is 3. The van der Waals surface area contributed by atoms with Crippen molar-refractivity contribution < 1.29 is 4.79 Å². The standard InChI is InChI=1S/C11H23N3O/c1-7(2)10(11(15)13-12)14-5-8(3)9(4)6-14/h7-10H,5-6,12H2,1-4H3,(H,13,15). The third kappa shape index (κ3) is 2.69. The molecule has 1 amide bonds. The first-order chi connectivity index (χ1) is 6.97. The van der Waals surface area contributed by atoms with E-state index < -0.39 is 0 Å². The second kappa shape index (κ2) is 4.94. The number of carbonyl (C=O) groups is 1. The molecule has 3 unspecified atom stereocenters. The molecule has 1 aliphatic rings. The van der Waals surface area contributed by atoms with Crippen LogP contribution in [0.1, 0.15) is 27.7 Å². The molecule has 88 valence electrons. The van der Waals surface area contributed by atoms with Crippen LogP contribution in [0.5, 0.6) is 0 Å². The Kier molecular flexibility index (Phi) is 4.11. The predicted molar refractivity (Wildman–Crippen MR) is 60.9 cm³/mol.